The quantitative estimate of drug-likeness (QED) is 0.742. The van der Waals surface area contributed by atoms with E-state index < -0.39 is 0 Å². The number of hydrogen-bond donors (Lipinski definition) is 1. The molecular weight excluding hydrogens is 350 g/mol. The molecule has 1 fully saturated rings. The Kier molecular flexibility index (Phi) is 7.90. The smallest absolute Gasteiger partial charge is 0.226 e. The van der Waals surface area contributed by atoms with Crippen LogP contribution in [-0.2, 0) is 9.59 Å². The van der Waals surface area contributed by atoms with Crippen LogP contribution in [0.2, 0.25) is 0 Å². The van der Waals surface area contributed by atoms with Crippen molar-refractivity contribution in [3.05, 3.63) is 29.3 Å². The van der Waals surface area contributed by atoms with Gasteiger partial charge in [-0.05, 0) is 44.2 Å². The summed E-state index contributed by atoms with van der Waals surface area (Å²) in [6, 6.07) is 6.52. The zero-order valence-corrected chi connectivity index (χ0v) is 18.2. The number of carbonyl (C=O) groups excluding carboxylic acids is 2. The lowest BCUT2D eigenvalue weighted by atomic mass is 9.81. The first-order valence-corrected chi connectivity index (χ1v) is 10.6. The highest BCUT2D eigenvalue weighted by molar-refractivity contribution is 5.87. The lowest BCUT2D eigenvalue weighted by Gasteiger charge is -2.39. The molecule has 0 radical (unpaired) electrons. The maximum atomic E-state index is 13.3. The number of rotatable bonds is 8. The fourth-order valence-electron chi connectivity index (χ4n) is 4.36. The number of nitrogens with zero attached hydrogens (tertiary/aromatic N) is 2. The molecule has 5 nitrogen and oxygen atoms in total. The second-order valence-corrected chi connectivity index (χ2v) is 8.64. The lowest BCUT2D eigenvalue weighted by Crippen LogP contribution is -2.52. The van der Waals surface area contributed by atoms with Gasteiger partial charge >= 0.3 is 0 Å². The Balaban J connectivity index is 2.09. The van der Waals surface area contributed by atoms with Gasteiger partial charge in [0.2, 0.25) is 11.8 Å². The fraction of sp³-hybridized carbons (Fsp3) is 0.652. The molecule has 156 valence electrons. The number of anilines is 1. The molecule has 0 spiro atoms. The van der Waals surface area contributed by atoms with Gasteiger partial charge in [-0.3, -0.25) is 9.59 Å². The Morgan fingerprint density at radius 2 is 1.71 bits per heavy atom. The first-order chi connectivity index (χ1) is 13.2. The van der Waals surface area contributed by atoms with Gasteiger partial charge in [0.25, 0.3) is 0 Å². The highest BCUT2D eigenvalue weighted by Crippen LogP contribution is 2.28. The van der Waals surface area contributed by atoms with E-state index in [1.165, 1.54) is 16.8 Å². The van der Waals surface area contributed by atoms with Gasteiger partial charge in [-0.1, -0.05) is 44.9 Å². The first kappa shape index (κ1) is 22.3. The molecule has 1 saturated heterocycles. The van der Waals surface area contributed by atoms with Gasteiger partial charge in [0.05, 0.1) is 0 Å². The van der Waals surface area contributed by atoms with E-state index >= 15 is 0 Å². The van der Waals surface area contributed by atoms with Crippen molar-refractivity contribution >= 4 is 17.5 Å². The molecule has 1 heterocycles. The minimum Gasteiger partial charge on any atom is -0.369 e. The molecule has 2 atom stereocenters. The van der Waals surface area contributed by atoms with Crippen LogP contribution in [0.4, 0.5) is 5.69 Å². The average molecular weight is 388 g/mol. The van der Waals surface area contributed by atoms with Crippen LogP contribution in [0.15, 0.2) is 18.2 Å². The first-order valence-electron chi connectivity index (χ1n) is 10.6. The maximum Gasteiger partial charge on any atom is 0.226 e. The number of amides is 2. The van der Waals surface area contributed by atoms with Crippen LogP contribution in [0.1, 0.15) is 51.2 Å². The third kappa shape index (κ3) is 5.49. The summed E-state index contributed by atoms with van der Waals surface area (Å²) in [6.45, 7) is 13.5. The van der Waals surface area contributed by atoms with E-state index in [2.05, 4.69) is 50.8 Å². The zero-order chi connectivity index (χ0) is 20.8. The minimum absolute atomic E-state index is 0.103. The van der Waals surface area contributed by atoms with E-state index in [4.69, 9.17) is 5.73 Å². The number of nitrogens with two attached hydrogens (primary N) is 1. The Morgan fingerprint density at radius 1 is 1.07 bits per heavy atom. The molecule has 1 aliphatic heterocycles. The normalized spacial score (nSPS) is 16.9. The highest BCUT2D eigenvalue weighted by atomic mass is 16.2. The molecule has 1 aromatic carbocycles. The summed E-state index contributed by atoms with van der Waals surface area (Å²) < 4.78 is 0. The van der Waals surface area contributed by atoms with Crippen LogP contribution in [0, 0.1) is 31.6 Å². The predicted molar refractivity (Wildman–Crippen MR) is 115 cm³/mol. The van der Waals surface area contributed by atoms with Gasteiger partial charge < -0.3 is 15.5 Å². The molecular formula is C23H37N3O2. The zero-order valence-electron chi connectivity index (χ0n) is 18.2. The second-order valence-electron chi connectivity index (χ2n) is 8.64. The number of carbonyl (C=O) groups is 2. The molecule has 0 bridgehead atoms. The van der Waals surface area contributed by atoms with Gasteiger partial charge in [-0.25, -0.2) is 0 Å². The Bertz CT molecular complexity index is 678. The van der Waals surface area contributed by atoms with Gasteiger partial charge in [0.1, 0.15) is 0 Å². The molecule has 5 heteroatoms. The number of aryl methyl sites for hydroxylation is 2. The third-order valence-corrected chi connectivity index (χ3v) is 5.78. The van der Waals surface area contributed by atoms with E-state index in [1.807, 2.05) is 11.8 Å². The fourth-order valence-corrected chi connectivity index (χ4v) is 4.36. The van der Waals surface area contributed by atoms with E-state index in [9.17, 15) is 9.59 Å². The molecule has 1 aliphatic rings. The molecule has 0 aliphatic carbocycles. The second kappa shape index (κ2) is 9.94. The van der Waals surface area contributed by atoms with Gasteiger partial charge in [0.15, 0.2) is 0 Å². The van der Waals surface area contributed by atoms with Crippen molar-refractivity contribution in [1.29, 1.82) is 0 Å². The molecule has 2 amide bonds. The van der Waals surface area contributed by atoms with Crippen molar-refractivity contribution in [1.82, 2.24) is 4.90 Å². The summed E-state index contributed by atoms with van der Waals surface area (Å²) in [5, 5.41) is 0. The number of piperazine rings is 1. The number of hydrogen-bond acceptors (Lipinski definition) is 3. The topological polar surface area (TPSA) is 66.6 Å². The van der Waals surface area contributed by atoms with Crippen molar-refractivity contribution in [2.45, 2.75) is 53.9 Å². The number of primary amides is 1. The average Bonchev–Trinajstić information content (AvgIpc) is 2.64. The summed E-state index contributed by atoms with van der Waals surface area (Å²) in [4.78, 5) is 29.7. The monoisotopic (exact) mass is 387 g/mol. The largest absolute Gasteiger partial charge is 0.369 e. The Hall–Kier alpha value is -2.04. The van der Waals surface area contributed by atoms with E-state index in [1.54, 1.807) is 0 Å². The van der Waals surface area contributed by atoms with Crippen molar-refractivity contribution in [3.63, 3.8) is 0 Å². The third-order valence-electron chi connectivity index (χ3n) is 5.78. The maximum absolute atomic E-state index is 13.3. The highest BCUT2D eigenvalue weighted by Gasteiger charge is 2.36. The number of benzene rings is 1. The molecule has 2 unspecified atom stereocenters. The summed E-state index contributed by atoms with van der Waals surface area (Å²) in [5.74, 6) is -0.549. The summed E-state index contributed by atoms with van der Waals surface area (Å²) in [7, 11) is 0. The van der Waals surface area contributed by atoms with Crippen molar-refractivity contribution in [2.24, 2.45) is 23.5 Å². The van der Waals surface area contributed by atoms with E-state index in [-0.39, 0.29) is 23.7 Å². The van der Waals surface area contributed by atoms with E-state index in [0.717, 1.165) is 19.5 Å². The molecule has 0 aromatic heterocycles. The van der Waals surface area contributed by atoms with Gasteiger partial charge in [0, 0.05) is 43.7 Å². The molecule has 1 aromatic rings. The summed E-state index contributed by atoms with van der Waals surface area (Å²) in [5.41, 5.74) is 9.46. The summed E-state index contributed by atoms with van der Waals surface area (Å²) >= 11 is 0. The Labute approximate surface area is 170 Å². The van der Waals surface area contributed by atoms with Gasteiger partial charge in [-0.15, -0.1) is 0 Å². The van der Waals surface area contributed by atoms with Crippen LogP contribution in [-0.4, -0.2) is 42.9 Å². The van der Waals surface area contributed by atoms with Gasteiger partial charge in [-0.2, -0.15) is 0 Å². The standard InChI is InChI=1S/C23H37N3O2/c1-6-7-19(22(24)27)20(14-16(2)3)23(28)26-12-10-25(11-13-26)21-9-8-17(4)15-18(21)5/h8-9,15-16,19-20H,6-7,10-14H2,1-5H3,(H2,24,27). The van der Waals surface area contributed by atoms with Crippen LogP contribution < -0.4 is 10.6 Å². The van der Waals surface area contributed by atoms with Crippen molar-refractivity contribution in [3.8, 4) is 0 Å². The van der Waals surface area contributed by atoms with Crippen LogP contribution in [0.3, 0.4) is 0 Å². The Morgan fingerprint density at radius 3 is 2.21 bits per heavy atom. The molecule has 2 rings (SSSR count). The van der Waals surface area contributed by atoms with E-state index in [0.29, 0.717) is 31.8 Å². The van der Waals surface area contributed by atoms with Crippen molar-refractivity contribution in [2.75, 3.05) is 31.1 Å². The van der Waals surface area contributed by atoms with Crippen LogP contribution in [0.25, 0.3) is 0 Å². The molecule has 28 heavy (non-hydrogen) atoms. The predicted octanol–water partition coefficient (Wildman–Crippen LogP) is 3.52. The van der Waals surface area contributed by atoms with Crippen LogP contribution >= 0.6 is 0 Å². The molecule has 0 saturated carbocycles. The summed E-state index contributed by atoms with van der Waals surface area (Å²) in [6.07, 6.45) is 2.25. The van der Waals surface area contributed by atoms with Crippen molar-refractivity contribution < 1.29 is 9.59 Å². The molecule has 2 N–H and O–H groups in total. The lowest BCUT2D eigenvalue weighted by molar-refractivity contribution is -0.142. The minimum atomic E-state index is -0.364. The van der Waals surface area contributed by atoms with Crippen LogP contribution in [0.5, 0.6) is 0 Å². The SMILES string of the molecule is CCCC(C(N)=O)C(CC(C)C)C(=O)N1CCN(c2ccc(C)cc2C)CC1.